The maximum atomic E-state index is 4.02. The molecule has 0 aromatic carbocycles. The summed E-state index contributed by atoms with van der Waals surface area (Å²) in [7, 11) is 0. The van der Waals surface area contributed by atoms with Crippen molar-refractivity contribution in [3.63, 3.8) is 0 Å². The summed E-state index contributed by atoms with van der Waals surface area (Å²) in [6, 6.07) is 0. The Bertz CT molecular complexity index is 207. The molecule has 0 aromatic heterocycles. The van der Waals surface area contributed by atoms with Crippen LogP contribution in [0.4, 0.5) is 0 Å². The predicted octanol–water partition coefficient (Wildman–Crippen LogP) is 1.33. The molecule has 0 unspecified atom stereocenters. The molecule has 3 radical (unpaired) electrons. The molecule has 1 heterocycles. The van der Waals surface area contributed by atoms with Crippen molar-refractivity contribution in [1.82, 2.24) is 4.99 Å². The van der Waals surface area contributed by atoms with Crippen molar-refractivity contribution in [2.75, 3.05) is 0 Å². The Morgan fingerprint density at radius 1 is 1.22 bits per heavy atom. The van der Waals surface area contributed by atoms with Crippen molar-refractivity contribution in [1.29, 1.82) is 0 Å². The summed E-state index contributed by atoms with van der Waals surface area (Å²) in [5.74, 6) is 0. The first-order chi connectivity index (χ1) is 4.20. The summed E-state index contributed by atoms with van der Waals surface area (Å²) in [5.41, 5.74) is 3.12. The first-order valence-corrected chi connectivity index (χ1v) is 2.95. The maximum absolute atomic E-state index is 4.02. The first-order valence-electron chi connectivity index (χ1n) is 2.95. The highest BCUT2D eigenvalue weighted by Gasteiger charge is 2.11. The highest BCUT2D eigenvalue weighted by molar-refractivity contribution is 5.78. The number of hydrogen-bond acceptors (Lipinski definition) is 1. The molecule has 0 aliphatic carbocycles. The normalized spacial score (nSPS) is 18.3. The molecule has 45 valence electrons. The van der Waals surface area contributed by atoms with Crippen molar-refractivity contribution >= 4 is 6.21 Å². The smallest absolute Gasteiger partial charge is 0.0327 e. The van der Waals surface area contributed by atoms with E-state index >= 15 is 0 Å². The lowest BCUT2D eigenvalue weighted by molar-refractivity contribution is 1.11. The molecular weight excluding hydrogens is 110 g/mol. The Morgan fingerprint density at radius 2 is 1.89 bits per heavy atom. The quantitative estimate of drug-likeness (QED) is 0.456. The molecule has 0 atom stereocenters. The average molecular weight is 119 g/mol. The van der Waals surface area contributed by atoms with Gasteiger partial charge in [-0.25, -0.2) is 0 Å². The van der Waals surface area contributed by atoms with Gasteiger partial charge in [0.05, 0.1) is 4.99 Å². The zero-order valence-corrected chi connectivity index (χ0v) is 5.95. The molecule has 0 bridgehead atoms. The van der Waals surface area contributed by atoms with Crippen LogP contribution >= 0.6 is 0 Å². The minimum absolute atomic E-state index is 0.984. The molecule has 0 aromatic rings. The van der Waals surface area contributed by atoms with Crippen LogP contribution in [-0.2, 0) is 0 Å². The Labute approximate surface area is 55.8 Å². The highest BCUT2D eigenvalue weighted by Crippen LogP contribution is 2.06. The molecule has 1 aliphatic heterocycles. The van der Waals surface area contributed by atoms with Crippen molar-refractivity contribution in [2.24, 2.45) is 0 Å². The molecular formula is C8H9N+. The van der Waals surface area contributed by atoms with Gasteiger partial charge in [-0.3, -0.25) is 0 Å². The van der Waals surface area contributed by atoms with E-state index in [1.165, 1.54) is 0 Å². The van der Waals surface area contributed by atoms with Gasteiger partial charge >= 0.3 is 6.21 Å². The molecule has 1 nitrogen and oxygen atoms in total. The second kappa shape index (κ2) is 2.18. The number of hydrogen-bond donors (Lipinski definition) is 0. The van der Waals surface area contributed by atoms with E-state index in [1.807, 2.05) is 20.8 Å². The van der Waals surface area contributed by atoms with Crippen molar-refractivity contribution in [2.45, 2.75) is 20.8 Å². The number of aliphatic imine (C=N–C) groups is 1. The summed E-state index contributed by atoms with van der Waals surface area (Å²) in [6.45, 7) is 5.91. The van der Waals surface area contributed by atoms with E-state index in [2.05, 4.69) is 17.3 Å². The monoisotopic (exact) mass is 119 g/mol. The summed E-state index contributed by atoms with van der Waals surface area (Å²) in [4.78, 5) is 4.02. The summed E-state index contributed by atoms with van der Waals surface area (Å²) < 4.78 is 0. The SMILES string of the molecule is CC1=[C]C(C)=C(C)[N+]=[C]1. The van der Waals surface area contributed by atoms with E-state index in [4.69, 9.17) is 0 Å². The van der Waals surface area contributed by atoms with Gasteiger partial charge in [0, 0.05) is 24.1 Å². The van der Waals surface area contributed by atoms with Crippen molar-refractivity contribution < 1.29 is 0 Å². The largest absolute Gasteiger partial charge is 0.358 e. The third-order valence-electron chi connectivity index (χ3n) is 1.31. The van der Waals surface area contributed by atoms with E-state index in [0.29, 0.717) is 0 Å². The molecule has 0 saturated heterocycles. The topological polar surface area (TPSA) is 14.1 Å². The summed E-state index contributed by atoms with van der Waals surface area (Å²) in [6.07, 6.45) is 5.96. The second-order valence-electron chi connectivity index (χ2n) is 2.18. The number of allylic oxidation sites excluding steroid dienone is 4. The van der Waals surface area contributed by atoms with Gasteiger partial charge in [-0.1, -0.05) is 0 Å². The van der Waals surface area contributed by atoms with Gasteiger partial charge in [0.2, 0.25) is 0 Å². The highest BCUT2D eigenvalue weighted by atomic mass is 14.7. The van der Waals surface area contributed by atoms with Crippen LogP contribution in [0.25, 0.3) is 0 Å². The molecule has 0 fully saturated rings. The standard InChI is InChI=1S/C8H9N/c1-6-4-7(2)8(3)9-5-6/h1-3H3/q+1. The zero-order chi connectivity index (χ0) is 6.85. The van der Waals surface area contributed by atoms with Gasteiger partial charge in [0.1, 0.15) is 0 Å². The van der Waals surface area contributed by atoms with E-state index in [0.717, 1.165) is 16.8 Å². The fourth-order valence-electron chi connectivity index (χ4n) is 0.651. The van der Waals surface area contributed by atoms with Crippen LogP contribution in [0.5, 0.6) is 0 Å². The third-order valence-corrected chi connectivity index (χ3v) is 1.31. The van der Waals surface area contributed by atoms with E-state index in [-0.39, 0.29) is 0 Å². The van der Waals surface area contributed by atoms with Gasteiger partial charge in [-0.2, -0.15) is 0 Å². The van der Waals surface area contributed by atoms with Gasteiger partial charge < -0.3 is 0 Å². The van der Waals surface area contributed by atoms with Crippen LogP contribution in [-0.4, -0.2) is 6.21 Å². The van der Waals surface area contributed by atoms with Crippen molar-refractivity contribution in [3.8, 4) is 0 Å². The zero-order valence-electron chi connectivity index (χ0n) is 5.95. The number of nitrogens with zero attached hydrogens (tertiary/aromatic N) is 1. The summed E-state index contributed by atoms with van der Waals surface area (Å²) >= 11 is 0. The Hall–Kier alpha value is -0.850. The lowest BCUT2D eigenvalue weighted by Crippen LogP contribution is -2.00. The lowest BCUT2D eigenvalue weighted by Gasteiger charge is -1.90. The van der Waals surface area contributed by atoms with Gasteiger partial charge in [0.15, 0.2) is 0 Å². The third kappa shape index (κ3) is 1.28. The summed E-state index contributed by atoms with van der Waals surface area (Å²) in [5, 5.41) is 0. The second-order valence-corrected chi connectivity index (χ2v) is 2.18. The minimum atomic E-state index is 0.984. The van der Waals surface area contributed by atoms with E-state index in [9.17, 15) is 0 Å². The molecule has 0 saturated carbocycles. The first kappa shape index (κ1) is 6.27. The van der Waals surface area contributed by atoms with E-state index < -0.39 is 0 Å². The molecule has 0 N–H and O–H groups in total. The minimum Gasteiger partial charge on any atom is -0.0327 e. The van der Waals surface area contributed by atoms with Gasteiger partial charge in [-0.15, -0.1) is 0 Å². The van der Waals surface area contributed by atoms with Gasteiger partial charge in [-0.05, 0) is 13.8 Å². The molecule has 9 heavy (non-hydrogen) atoms. The van der Waals surface area contributed by atoms with Crippen LogP contribution in [0.15, 0.2) is 16.8 Å². The molecule has 1 rings (SSSR count). The average Bonchev–Trinajstić information content (AvgIpc) is 1.80. The van der Waals surface area contributed by atoms with Gasteiger partial charge in [0.25, 0.3) is 5.70 Å². The molecule has 0 amide bonds. The van der Waals surface area contributed by atoms with Crippen LogP contribution in [0, 0.1) is 6.08 Å². The van der Waals surface area contributed by atoms with Crippen LogP contribution < -0.4 is 4.99 Å². The fraction of sp³-hybridized carbons (Fsp3) is 0.375. The van der Waals surface area contributed by atoms with Crippen molar-refractivity contribution in [3.05, 3.63) is 22.9 Å². The lowest BCUT2D eigenvalue weighted by atomic mass is 10.1. The molecule has 1 heteroatoms. The Kier molecular flexibility index (Phi) is 1.52. The maximum Gasteiger partial charge on any atom is 0.358 e. The van der Waals surface area contributed by atoms with Crippen LogP contribution in [0.3, 0.4) is 0 Å². The van der Waals surface area contributed by atoms with E-state index in [1.54, 1.807) is 0 Å². The predicted molar refractivity (Wildman–Crippen MR) is 37.9 cm³/mol. The molecule has 0 spiro atoms. The van der Waals surface area contributed by atoms with Crippen LogP contribution in [0.2, 0.25) is 0 Å². The fourth-order valence-corrected chi connectivity index (χ4v) is 0.651. The Balaban J connectivity index is 3.01. The number of rotatable bonds is 0. The van der Waals surface area contributed by atoms with Crippen LogP contribution in [0.1, 0.15) is 20.8 Å². The Morgan fingerprint density at radius 3 is 2.33 bits per heavy atom. The molecule has 1 aliphatic rings.